The minimum Gasteiger partial charge on any atom is -0.480 e. The Morgan fingerprint density at radius 1 is 1.08 bits per heavy atom. The number of amides is 2. The number of benzene rings is 2. The molecule has 0 aliphatic rings. The lowest BCUT2D eigenvalue weighted by molar-refractivity contribution is -0.384. The van der Waals surface area contributed by atoms with Crippen LogP contribution in [0.4, 0.5) is 5.69 Å². The number of hydrazine groups is 1. The fourth-order valence-corrected chi connectivity index (χ4v) is 2.27. The van der Waals surface area contributed by atoms with Crippen LogP contribution in [-0.4, -0.2) is 22.8 Å². The van der Waals surface area contributed by atoms with Crippen molar-refractivity contribution in [2.75, 3.05) is 0 Å². The maximum Gasteiger partial charge on any atom is 0.279 e. The lowest BCUT2D eigenvalue weighted by atomic mass is 10.1. The molecule has 0 aliphatic heterocycles. The highest BCUT2D eigenvalue weighted by molar-refractivity contribution is 5.96. The Kier molecular flexibility index (Phi) is 5.90. The van der Waals surface area contributed by atoms with Gasteiger partial charge in [0.2, 0.25) is 0 Å². The van der Waals surface area contributed by atoms with Crippen molar-refractivity contribution in [2.24, 2.45) is 0 Å². The molecule has 2 rings (SSSR count). The van der Waals surface area contributed by atoms with Crippen LogP contribution in [0.3, 0.4) is 0 Å². The number of rotatable bonds is 5. The molecule has 0 spiro atoms. The van der Waals surface area contributed by atoms with E-state index in [4.69, 9.17) is 4.74 Å². The van der Waals surface area contributed by atoms with E-state index in [1.165, 1.54) is 18.2 Å². The van der Waals surface area contributed by atoms with Gasteiger partial charge >= 0.3 is 0 Å². The van der Waals surface area contributed by atoms with Crippen molar-refractivity contribution < 1.29 is 19.2 Å². The number of nitrogens with zero attached hydrogens (tertiary/aromatic N) is 1. The number of aryl methyl sites for hydroxylation is 2. The summed E-state index contributed by atoms with van der Waals surface area (Å²) < 4.78 is 5.67. The number of ether oxygens (including phenoxy) is 1. The zero-order valence-corrected chi connectivity index (χ0v) is 14.6. The van der Waals surface area contributed by atoms with Crippen molar-refractivity contribution in [1.29, 1.82) is 0 Å². The van der Waals surface area contributed by atoms with Crippen molar-refractivity contribution in [3.05, 3.63) is 69.3 Å². The molecule has 0 aliphatic carbocycles. The second-order valence-electron chi connectivity index (χ2n) is 5.73. The molecule has 0 saturated carbocycles. The Morgan fingerprint density at radius 2 is 1.69 bits per heavy atom. The van der Waals surface area contributed by atoms with Crippen LogP contribution in [0, 0.1) is 24.0 Å². The standard InChI is InChI=1S/C18H19N3O5/c1-11-6-4-7-12(2)16(11)26-13(3)17(22)19-20-18(23)14-8-5-9-15(10-14)21(24)25/h4-10,13H,1-3H3,(H,19,22)(H,20,23)/t13-/m1/s1. The molecule has 0 radical (unpaired) electrons. The molecule has 2 aromatic rings. The summed E-state index contributed by atoms with van der Waals surface area (Å²) in [5, 5.41) is 10.7. The predicted molar refractivity (Wildman–Crippen MR) is 94.7 cm³/mol. The van der Waals surface area contributed by atoms with E-state index in [1.54, 1.807) is 6.92 Å². The lowest BCUT2D eigenvalue weighted by Gasteiger charge is -2.18. The number of hydrogen-bond donors (Lipinski definition) is 2. The molecule has 0 fully saturated rings. The molecule has 0 unspecified atom stereocenters. The van der Waals surface area contributed by atoms with Crippen molar-refractivity contribution in [3.63, 3.8) is 0 Å². The van der Waals surface area contributed by atoms with Gasteiger partial charge in [0, 0.05) is 17.7 Å². The molecular formula is C18H19N3O5. The van der Waals surface area contributed by atoms with Crippen molar-refractivity contribution in [3.8, 4) is 5.75 Å². The highest BCUT2D eigenvalue weighted by Gasteiger charge is 2.18. The number of para-hydroxylation sites is 1. The van der Waals surface area contributed by atoms with Crippen LogP contribution >= 0.6 is 0 Å². The number of non-ortho nitro benzene ring substituents is 1. The van der Waals surface area contributed by atoms with E-state index in [0.717, 1.165) is 17.2 Å². The fraction of sp³-hybridized carbons (Fsp3) is 0.222. The summed E-state index contributed by atoms with van der Waals surface area (Å²) >= 11 is 0. The summed E-state index contributed by atoms with van der Waals surface area (Å²) in [6.45, 7) is 5.30. The van der Waals surface area contributed by atoms with Crippen LogP contribution in [0.1, 0.15) is 28.4 Å². The van der Waals surface area contributed by atoms with Crippen LogP contribution in [0.2, 0.25) is 0 Å². The maximum absolute atomic E-state index is 12.1. The molecule has 1 atom stereocenters. The number of hydrogen-bond acceptors (Lipinski definition) is 5. The molecule has 8 heteroatoms. The monoisotopic (exact) mass is 357 g/mol. The second-order valence-corrected chi connectivity index (χ2v) is 5.73. The SMILES string of the molecule is Cc1cccc(C)c1O[C@H](C)C(=O)NNC(=O)c1cccc([N+](=O)[O-])c1. The van der Waals surface area contributed by atoms with Gasteiger partial charge in [-0.25, -0.2) is 0 Å². The fourth-order valence-electron chi connectivity index (χ4n) is 2.27. The van der Waals surface area contributed by atoms with Gasteiger partial charge < -0.3 is 4.74 Å². The minimum atomic E-state index is -0.847. The first kappa shape index (κ1) is 18.9. The van der Waals surface area contributed by atoms with E-state index in [-0.39, 0.29) is 11.3 Å². The molecule has 2 amide bonds. The smallest absolute Gasteiger partial charge is 0.279 e. The normalized spacial score (nSPS) is 11.3. The summed E-state index contributed by atoms with van der Waals surface area (Å²) in [6.07, 6.45) is -0.847. The first-order chi connectivity index (χ1) is 12.3. The van der Waals surface area contributed by atoms with Gasteiger partial charge in [-0.05, 0) is 38.0 Å². The van der Waals surface area contributed by atoms with E-state index in [2.05, 4.69) is 10.9 Å². The number of carbonyl (C=O) groups is 2. The number of nitrogens with one attached hydrogen (secondary N) is 2. The van der Waals surface area contributed by atoms with Crippen LogP contribution < -0.4 is 15.6 Å². The predicted octanol–water partition coefficient (Wildman–Crippen LogP) is 2.44. The summed E-state index contributed by atoms with van der Waals surface area (Å²) in [7, 11) is 0. The van der Waals surface area contributed by atoms with Crippen LogP contribution in [0.5, 0.6) is 5.75 Å². The van der Waals surface area contributed by atoms with Gasteiger partial charge in [-0.2, -0.15) is 0 Å². The molecule has 0 bridgehead atoms. The third kappa shape index (κ3) is 4.56. The van der Waals surface area contributed by atoms with Gasteiger partial charge in [-0.15, -0.1) is 0 Å². The Morgan fingerprint density at radius 3 is 2.31 bits per heavy atom. The quantitative estimate of drug-likeness (QED) is 0.631. The number of carbonyl (C=O) groups excluding carboxylic acids is 2. The molecule has 136 valence electrons. The van der Waals surface area contributed by atoms with Crippen LogP contribution in [0.15, 0.2) is 42.5 Å². The molecule has 8 nitrogen and oxygen atoms in total. The van der Waals surface area contributed by atoms with E-state index in [9.17, 15) is 19.7 Å². The van der Waals surface area contributed by atoms with Crippen LogP contribution in [-0.2, 0) is 4.79 Å². The van der Waals surface area contributed by atoms with Crippen molar-refractivity contribution >= 4 is 17.5 Å². The summed E-state index contributed by atoms with van der Waals surface area (Å²) in [6, 6.07) is 10.8. The Bertz CT molecular complexity index is 830. The Balaban J connectivity index is 1.96. The van der Waals surface area contributed by atoms with Gasteiger partial charge in [-0.1, -0.05) is 24.3 Å². The second kappa shape index (κ2) is 8.11. The minimum absolute atomic E-state index is 0.0582. The molecule has 0 aromatic heterocycles. The summed E-state index contributed by atoms with van der Waals surface area (Å²) in [5.74, 6) is -0.604. The Labute approximate surface area is 150 Å². The van der Waals surface area contributed by atoms with E-state index < -0.39 is 22.8 Å². The third-order valence-electron chi connectivity index (χ3n) is 3.69. The molecule has 0 saturated heterocycles. The number of nitro groups is 1. The van der Waals surface area contributed by atoms with Gasteiger partial charge in [-0.3, -0.25) is 30.6 Å². The number of nitro benzene ring substituents is 1. The van der Waals surface area contributed by atoms with Gasteiger partial charge in [0.15, 0.2) is 6.10 Å². The lowest BCUT2D eigenvalue weighted by Crippen LogP contribution is -2.47. The molecule has 0 heterocycles. The van der Waals surface area contributed by atoms with Crippen molar-refractivity contribution in [1.82, 2.24) is 10.9 Å². The first-order valence-electron chi connectivity index (χ1n) is 7.87. The summed E-state index contributed by atoms with van der Waals surface area (Å²) in [5.41, 5.74) is 6.11. The third-order valence-corrected chi connectivity index (χ3v) is 3.69. The van der Waals surface area contributed by atoms with E-state index >= 15 is 0 Å². The summed E-state index contributed by atoms with van der Waals surface area (Å²) in [4.78, 5) is 34.3. The van der Waals surface area contributed by atoms with Gasteiger partial charge in [0.25, 0.3) is 17.5 Å². The van der Waals surface area contributed by atoms with E-state index in [1.807, 2.05) is 32.0 Å². The zero-order valence-electron chi connectivity index (χ0n) is 14.6. The van der Waals surface area contributed by atoms with E-state index in [0.29, 0.717) is 5.75 Å². The molecule has 2 N–H and O–H groups in total. The van der Waals surface area contributed by atoms with Gasteiger partial charge in [0.05, 0.1) is 4.92 Å². The topological polar surface area (TPSA) is 111 Å². The molecule has 2 aromatic carbocycles. The largest absolute Gasteiger partial charge is 0.480 e. The maximum atomic E-state index is 12.1. The highest BCUT2D eigenvalue weighted by atomic mass is 16.6. The average Bonchev–Trinajstić information content (AvgIpc) is 2.62. The highest BCUT2D eigenvalue weighted by Crippen LogP contribution is 2.23. The first-order valence-corrected chi connectivity index (χ1v) is 7.87. The molecule has 26 heavy (non-hydrogen) atoms. The van der Waals surface area contributed by atoms with Gasteiger partial charge in [0.1, 0.15) is 5.75 Å². The Hall–Kier alpha value is -3.42. The zero-order chi connectivity index (χ0) is 19.3. The van der Waals surface area contributed by atoms with Crippen molar-refractivity contribution in [2.45, 2.75) is 26.9 Å². The van der Waals surface area contributed by atoms with Crippen LogP contribution in [0.25, 0.3) is 0 Å². The average molecular weight is 357 g/mol. The molecular weight excluding hydrogens is 338 g/mol.